The predicted octanol–water partition coefficient (Wildman–Crippen LogP) is 1.90. The number of hydrogen-bond donors (Lipinski definition) is 0. The maximum absolute atomic E-state index is 10.9. The van der Waals surface area contributed by atoms with Gasteiger partial charge in [0.2, 0.25) is 0 Å². The number of ether oxygens (including phenoxy) is 2. The van der Waals surface area contributed by atoms with E-state index in [-0.39, 0.29) is 12.3 Å². The molecule has 1 aromatic rings. The Bertz CT molecular complexity index is 609. The van der Waals surface area contributed by atoms with Crippen molar-refractivity contribution in [3.05, 3.63) is 28.2 Å². The van der Waals surface area contributed by atoms with E-state index in [0.717, 1.165) is 47.6 Å². The first-order chi connectivity index (χ1) is 12.7. The summed E-state index contributed by atoms with van der Waals surface area (Å²) in [4.78, 5) is 24.5. The van der Waals surface area contributed by atoms with Crippen LogP contribution < -0.4 is 0 Å². The molecule has 26 heavy (non-hydrogen) atoms. The van der Waals surface area contributed by atoms with E-state index in [1.165, 1.54) is 0 Å². The third kappa shape index (κ3) is 5.00. The highest BCUT2D eigenvalue weighted by molar-refractivity contribution is 7.11. The molecule has 2 unspecified atom stereocenters. The summed E-state index contributed by atoms with van der Waals surface area (Å²) in [6.45, 7) is 6.64. The summed E-state index contributed by atoms with van der Waals surface area (Å²) in [6, 6.07) is 0.00656. The Morgan fingerprint density at radius 3 is 3.15 bits per heavy atom. The summed E-state index contributed by atoms with van der Waals surface area (Å²) in [6.07, 6.45) is 5.58. The second kappa shape index (κ2) is 9.73. The average Bonchev–Trinajstić information content (AvgIpc) is 3.08. The molecule has 3 heterocycles. The Labute approximate surface area is 159 Å². The maximum atomic E-state index is 10.9. The number of rotatable bonds is 9. The van der Waals surface area contributed by atoms with Crippen molar-refractivity contribution in [1.29, 1.82) is 0 Å². The minimum atomic E-state index is -0.126. The molecule has 1 fully saturated rings. The predicted molar refractivity (Wildman–Crippen MR) is 100 cm³/mol. The normalized spacial score (nSPS) is 23.6. The summed E-state index contributed by atoms with van der Waals surface area (Å²) in [5.41, 5.74) is 0.974. The molecule has 2 aliphatic heterocycles. The molecule has 3 rings (SSSR count). The molecule has 9 heteroatoms. The van der Waals surface area contributed by atoms with Gasteiger partial charge >= 0.3 is 0 Å². The summed E-state index contributed by atoms with van der Waals surface area (Å²) in [5.74, 6) is 0. The number of carbonyl (C=O) groups excluding carboxylic acids is 1. The van der Waals surface area contributed by atoms with Crippen LogP contribution in [-0.4, -0.2) is 61.6 Å². The molecule has 0 N–H and O–H groups in total. The zero-order chi connectivity index (χ0) is 18.4. The number of hydrogen-bond acceptors (Lipinski definition) is 8. The molecule has 1 saturated heterocycles. The van der Waals surface area contributed by atoms with Gasteiger partial charge in [0.1, 0.15) is 11.6 Å². The standard InChI is InChI=1S/C17H25BN3O4S/c1-3-7-25-20(2)14-10-21(18-12-22)9-13-17(14)26-15(19-13)11-24-16-6-4-5-8-23-16/h3,12,14,16H,1,4-11H2,2H3. The Balaban J connectivity index is 1.69. The van der Waals surface area contributed by atoms with Crippen LogP contribution in [0.3, 0.4) is 0 Å². The summed E-state index contributed by atoms with van der Waals surface area (Å²) in [7, 11) is 3.46. The van der Waals surface area contributed by atoms with E-state index < -0.39 is 0 Å². The number of hydroxylamine groups is 2. The van der Waals surface area contributed by atoms with Gasteiger partial charge in [-0.05, 0) is 19.3 Å². The third-order valence-corrected chi connectivity index (χ3v) is 5.64. The van der Waals surface area contributed by atoms with Crippen LogP contribution in [0.25, 0.3) is 0 Å². The van der Waals surface area contributed by atoms with E-state index in [2.05, 4.69) is 6.58 Å². The minimum Gasteiger partial charge on any atom is -0.353 e. The quantitative estimate of drug-likeness (QED) is 0.281. The van der Waals surface area contributed by atoms with Crippen LogP contribution in [0.15, 0.2) is 12.7 Å². The van der Waals surface area contributed by atoms with Gasteiger partial charge in [-0.2, -0.15) is 5.06 Å². The number of likely N-dealkylation sites (N-methyl/N-ethyl adjacent to an activating group) is 1. The smallest absolute Gasteiger partial charge is 0.293 e. The first kappa shape index (κ1) is 19.7. The summed E-state index contributed by atoms with van der Waals surface area (Å²) >= 11 is 1.65. The lowest BCUT2D eigenvalue weighted by Crippen LogP contribution is -2.42. The van der Waals surface area contributed by atoms with Crippen LogP contribution in [0, 0.1) is 0 Å². The van der Waals surface area contributed by atoms with Crippen LogP contribution in [-0.2, 0) is 32.3 Å². The molecule has 0 spiro atoms. The highest BCUT2D eigenvalue weighted by atomic mass is 32.1. The molecule has 2 aliphatic rings. The van der Waals surface area contributed by atoms with Gasteiger partial charge in [0.25, 0.3) is 7.41 Å². The molecule has 141 valence electrons. The first-order valence-corrected chi connectivity index (χ1v) is 9.74. The Hall–Kier alpha value is -1.10. The second-order valence-corrected chi connectivity index (χ2v) is 7.50. The van der Waals surface area contributed by atoms with Crippen LogP contribution in [0.4, 0.5) is 0 Å². The van der Waals surface area contributed by atoms with Gasteiger partial charge in [-0.1, -0.05) is 6.08 Å². The van der Waals surface area contributed by atoms with Crippen molar-refractivity contribution in [2.75, 3.05) is 26.8 Å². The van der Waals surface area contributed by atoms with Crippen LogP contribution in [0.5, 0.6) is 0 Å². The van der Waals surface area contributed by atoms with Crippen LogP contribution >= 0.6 is 11.3 Å². The zero-order valence-electron chi connectivity index (χ0n) is 15.1. The van der Waals surface area contributed by atoms with Crippen molar-refractivity contribution in [3.8, 4) is 0 Å². The lowest BCUT2D eigenvalue weighted by molar-refractivity contribution is -0.168. The fraction of sp³-hybridized carbons (Fsp3) is 0.647. The van der Waals surface area contributed by atoms with Crippen LogP contribution in [0.2, 0.25) is 0 Å². The first-order valence-electron chi connectivity index (χ1n) is 8.92. The lowest BCUT2D eigenvalue weighted by Gasteiger charge is -2.35. The van der Waals surface area contributed by atoms with Gasteiger partial charge < -0.3 is 19.1 Å². The number of thiazole rings is 1. The second-order valence-electron chi connectivity index (χ2n) is 6.39. The molecule has 7 nitrogen and oxygen atoms in total. The van der Waals surface area contributed by atoms with Crippen molar-refractivity contribution in [2.24, 2.45) is 0 Å². The summed E-state index contributed by atoms with van der Waals surface area (Å²) < 4.78 is 11.5. The molecule has 1 radical (unpaired) electrons. The highest BCUT2D eigenvalue weighted by Gasteiger charge is 2.32. The number of aromatic nitrogens is 1. The third-order valence-electron chi connectivity index (χ3n) is 4.47. The molecular formula is C17H25BN3O4S. The van der Waals surface area contributed by atoms with Gasteiger partial charge in [0, 0.05) is 26.7 Å². The van der Waals surface area contributed by atoms with Crippen molar-refractivity contribution in [2.45, 2.75) is 44.7 Å². The monoisotopic (exact) mass is 378 g/mol. The van der Waals surface area contributed by atoms with E-state index >= 15 is 0 Å². The molecular weight excluding hydrogens is 353 g/mol. The lowest BCUT2D eigenvalue weighted by atomic mass is 9.90. The zero-order valence-corrected chi connectivity index (χ0v) is 16.0. The Morgan fingerprint density at radius 1 is 1.54 bits per heavy atom. The van der Waals surface area contributed by atoms with E-state index in [1.54, 1.807) is 24.8 Å². The van der Waals surface area contributed by atoms with Gasteiger partial charge in [0.15, 0.2) is 6.29 Å². The molecule has 2 atom stereocenters. The van der Waals surface area contributed by atoms with Crippen molar-refractivity contribution in [1.82, 2.24) is 14.9 Å². The molecule has 0 aromatic carbocycles. The molecule has 1 aromatic heterocycles. The van der Waals surface area contributed by atoms with E-state index in [0.29, 0.717) is 26.3 Å². The van der Waals surface area contributed by atoms with Gasteiger partial charge in [-0.25, -0.2) is 4.98 Å². The molecule has 0 bridgehead atoms. The van der Waals surface area contributed by atoms with E-state index in [9.17, 15) is 4.79 Å². The Kier molecular flexibility index (Phi) is 7.36. The minimum absolute atomic E-state index is 0.00656. The highest BCUT2D eigenvalue weighted by Crippen LogP contribution is 2.35. The number of carbonyl (C=O) groups is 1. The largest absolute Gasteiger partial charge is 0.353 e. The van der Waals surface area contributed by atoms with Crippen LogP contribution in [0.1, 0.15) is 40.9 Å². The van der Waals surface area contributed by atoms with Gasteiger partial charge in [0.05, 0.1) is 29.4 Å². The Morgan fingerprint density at radius 2 is 2.42 bits per heavy atom. The number of nitrogens with zero attached hydrogens (tertiary/aromatic N) is 3. The SMILES string of the molecule is C=CCON(C)C1CN([B]C=O)Cc2nc(COC3CCCCO3)sc21. The number of fused-ring (bicyclic) bond motifs is 1. The van der Waals surface area contributed by atoms with Gasteiger partial charge in [-0.15, -0.1) is 17.9 Å². The molecule has 0 saturated carbocycles. The fourth-order valence-corrected chi connectivity index (χ4v) is 4.28. The van der Waals surface area contributed by atoms with Gasteiger partial charge in [-0.3, -0.25) is 4.84 Å². The van der Waals surface area contributed by atoms with Crippen molar-refractivity contribution >= 4 is 24.9 Å². The maximum Gasteiger partial charge on any atom is 0.293 e. The summed E-state index contributed by atoms with van der Waals surface area (Å²) in [5, 5.41) is 2.75. The fourth-order valence-electron chi connectivity index (χ4n) is 3.16. The van der Waals surface area contributed by atoms with Crippen molar-refractivity contribution in [3.63, 3.8) is 0 Å². The topological polar surface area (TPSA) is 64.1 Å². The average molecular weight is 378 g/mol. The van der Waals surface area contributed by atoms with E-state index in [4.69, 9.17) is 19.3 Å². The van der Waals surface area contributed by atoms with Crippen molar-refractivity contribution < 1.29 is 19.1 Å². The molecule has 0 aliphatic carbocycles. The van der Waals surface area contributed by atoms with E-state index in [1.807, 2.05) is 16.9 Å². The molecule has 0 amide bonds.